The number of quaternary nitrogens is 3. The second kappa shape index (κ2) is 17.8. The summed E-state index contributed by atoms with van der Waals surface area (Å²) in [6.45, 7) is 10.1. The molecule has 0 spiro atoms. The molecule has 0 aromatic rings. The molecule has 8 nitrogen and oxygen atoms in total. The fourth-order valence-corrected chi connectivity index (χ4v) is 3.47. The van der Waals surface area contributed by atoms with Crippen molar-refractivity contribution in [2.45, 2.75) is 25.9 Å². The van der Waals surface area contributed by atoms with Crippen LogP contribution in [0.3, 0.4) is 0 Å². The van der Waals surface area contributed by atoms with Crippen LogP contribution in [-0.2, 0) is 9.59 Å². The Morgan fingerprint density at radius 1 is 0.818 bits per heavy atom. The number of aliphatic hydroxyl groups excluding tert-OH is 1. The second-order valence-corrected chi connectivity index (χ2v) is 10.9. The molecular weight excluding hydrogens is 489 g/mol. The molecule has 11 heteroatoms. The lowest BCUT2D eigenvalue weighted by Gasteiger charge is -2.34. The van der Waals surface area contributed by atoms with Gasteiger partial charge in [-0.05, 0) is 6.92 Å². The van der Waals surface area contributed by atoms with E-state index in [0.29, 0.717) is 36.2 Å². The van der Waals surface area contributed by atoms with E-state index in [1.165, 1.54) is 0 Å². The Labute approximate surface area is 220 Å². The van der Waals surface area contributed by atoms with Crippen LogP contribution in [0.2, 0.25) is 0 Å². The van der Waals surface area contributed by atoms with Crippen molar-refractivity contribution in [3.05, 3.63) is 12.2 Å². The number of hydrogen-bond acceptors (Lipinski definition) is 3. The van der Waals surface area contributed by atoms with Gasteiger partial charge in [0.1, 0.15) is 13.1 Å². The molecule has 0 fully saturated rings. The van der Waals surface area contributed by atoms with Crippen LogP contribution in [0.25, 0.3) is 0 Å². The van der Waals surface area contributed by atoms with Crippen molar-refractivity contribution in [1.82, 2.24) is 10.6 Å². The maximum atomic E-state index is 12.3. The number of nitrogens with zero attached hydrogens (tertiary/aromatic N) is 3. The molecule has 0 heterocycles. The van der Waals surface area contributed by atoms with Crippen molar-refractivity contribution in [2.24, 2.45) is 0 Å². The van der Waals surface area contributed by atoms with E-state index in [1.54, 1.807) is 6.92 Å². The van der Waals surface area contributed by atoms with Gasteiger partial charge < -0.3 is 66.4 Å². The van der Waals surface area contributed by atoms with Gasteiger partial charge in [-0.2, -0.15) is 0 Å². The first kappa shape index (κ1) is 39.6. The van der Waals surface area contributed by atoms with Gasteiger partial charge >= 0.3 is 0 Å². The molecule has 33 heavy (non-hydrogen) atoms. The summed E-state index contributed by atoms with van der Waals surface area (Å²) in [5, 5.41) is 16.1. The molecule has 2 amide bonds. The topological polar surface area (TPSA) is 78.4 Å². The van der Waals surface area contributed by atoms with E-state index in [0.717, 1.165) is 41.4 Å². The first-order chi connectivity index (χ1) is 13.5. The van der Waals surface area contributed by atoms with Gasteiger partial charge in [0.05, 0.1) is 62.4 Å². The molecular formula is C22H48Cl3N5O3. The van der Waals surface area contributed by atoms with Crippen molar-refractivity contribution >= 4 is 11.8 Å². The molecule has 0 bridgehead atoms. The zero-order chi connectivity index (χ0) is 23.6. The molecule has 0 aliphatic carbocycles. The molecule has 0 radical (unpaired) electrons. The van der Waals surface area contributed by atoms with Crippen molar-refractivity contribution in [3.63, 3.8) is 0 Å². The van der Waals surface area contributed by atoms with E-state index >= 15 is 0 Å². The Balaban J connectivity index is -0.00000140. The van der Waals surface area contributed by atoms with Crippen LogP contribution >= 0.6 is 0 Å². The molecule has 0 saturated carbocycles. The monoisotopic (exact) mass is 535 g/mol. The van der Waals surface area contributed by atoms with E-state index in [1.807, 2.05) is 14.1 Å². The van der Waals surface area contributed by atoms with E-state index in [4.69, 9.17) is 0 Å². The molecule has 1 atom stereocenters. The summed E-state index contributed by atoms with van der Waals surface area (Å²) in [7, 11) is 14.5. The largest absolute Gasteiger partial charge is 1.00 e. The Kier molecular flexibility index (Phi) is 21.3. The average molecular weight is 537 g/mol. The summed E-state index contributed by atoms with van der Waals surface area (Å²) in [4.78, 5) is 23.8. The van der Waals surface area contributed by atoms with Crippen LogP contribution < -0.4 is 47.9 Å². The summed E-state index contributed by atoms with van der Waals surface area (Å²) >= 11 is 0. The predicted molar refractivity (Wildman–Crippen MR) is 123 cm³/mol. The molecule has 200 valence electrons. The molecule has 0 aliphatic rings. The summed E-state index contributed by atoms with van der Waals surface area (Å²) in [5.74, 6) is -0.0780. The fourth-order valence-electron chi connectivity index (χ4n) is 3.47. The highest BCUT2D eigenvalue weighted by molar-refractivity contribution is 5.91. The summed E-state index contributed by atoms with van der Waals surface area (Å²) < 4.78 is 2.05. The van der Waals surface area contributed by atoms with Crippen LogP contribution in [-0.4, -0.2) is 132 Å². The molecule has 0 saturated heterocycles. The van der Waals surface area contributed by atoms with Gasteiger partial charge in [-0.15, -0.1) is 0 Å². The number of rotatable bonds is 15. The Morgan fingerprint density at radius 2 is 1.27 bits per heavy atom. The minimum absolute atomic E-state index is 0. The number of amides is 2. The SMILES string of the molecule is C=C(C)C(=O)NCCC[N+](C)(C)CC(=O)NCCC[N+](C)(C)CC(O)C[N+](C)(C)C.[Cl-].[Cl-].[Cl-]. The molecule has 3 N–H and O–H groups in total. The van der Waals surface area contributed by atoms with Crippen molar-refractivity contribution < 1.29 is 65.4 Å². The van der Waals surface area contributed by atoms with Gasteiger partial charge in [-0.1, -0.05) is 6.58 Å². The van der Waals surface area contributed by atoms with Gasteiger partial charge in [0, 0.05) is 31.5 Å². The lowest BCUT2D eigenvalue weighted by Crippen LogP contribution is -3.00. The van der Waals surface area contributed by atoms with Crippen molar-refractivity contribution in [1.29, 1.82) is 0 Å². The maximum Gasteiger partial charge on any atom is 0.275 e. The Morgan fingerprint density at radius 3 is 1.73 bits per heavy atom. The highest BCUT2D eigenvalue weighted by Crippen LogP contribution is 2.05. The third kappa shape index (κ3) is 22.9. The zero-order valence-corrected chi connectivity index (χ0v) is 24.2. The minimum atomic E-state index is -0.340. The first-order valence-electron chi connectivity index (χ1n) is 10.9. The highest BCUT2D eigenvalue weighted by Gasteiger charge is 2.25. The van der Waals surface area contributed by atoms with E-state index in [-0.39, 0.29) is 55.1 Å². The smallest absolute Gasteiger partial charge is 0.275 e. The average Bonchev–Trinajstić information content (AvgIpc) is 2.52. The number of nitrogens with one attached hydrogen (secondary N) is 2. The number of hydrogen-bond donors (Lipinski definition) is 3. The minimum Gasteiger partial charge on any atom is -1.00 e. The fraction of sp³-hybridized carbons (Fsp3) is 0.818. The van der Waals surface area contributed by atoms with Crippen LogP contribution in [0, 0.1) is 0 Å². The number of aliphatic hydroxyl groups is 1. The van der Waals surface area contributed by atoms with Crippen molar-refractivity contribution in [3.8, 4) is 0 Å². The summed E-state index contributed by atoms with van der Waals surface area (Å²) in [6.07, 6.45) is 1.34. The van der Waals surface area contributed by atoms with Crippen molar-refractivity contribution in [2.75, 3.05) is 95.1 Å². The Bertz CT molecular complexity index is 582. The van der Waals surface area contributed by atoms with E-state index < -0.39 is 0 Å². The molecule has 0 rings (SSSR count). The third-order valence-electron chi connectivity index (χ3n) is 4.91. The number of carbonyl (C=O) groups excluding carboxylic acids is 2. The maximum absolute atomic E-state index is 12.3. The molecule has 0 aromatic heterocycles. The lowest BCUT2D eigenvalue weighted by molar-refractivity contribution is -0.907. The zero-order valence-electron chi connectivity index (χ0n) is 21.9. The van der Waals surface area contributed by atoms with E-state index in [9.17, 15) is 14.7 Å². The Hall–Kier alpha value is -0.610. The van der Waals surface area contributed by atoms with Crippen LogP contribution in [0.1, 0.15) is 19.8 Å². The van der Waals surface area contributed by atoms with Gasteiger partial charge in [-0.25, -0.2) is 0 Å². The second-order valence-electron chi connectivity index (χ2n) is 10.9. The van der Waals surface area contributed by atoms with E-state index in [2.05, 4.69) is 52.5 Å². The third-order valence-corrected chi connectivity index (χ3v) is 4.91. The van der Waals surface area contributed by atoms with Gasteiger partial charge in [0.2, 0.25) is 5.91 Å². The standard InChI is InChI=1S/C22H46N5O3.3ClH/c1-19(2)22(30)24-13-11-15-27(8,9)18-21(29)23-12-10-14-26(6,7)17-20(28)16-25(3,4)5;;;/h20,28H,1,10-18H2,2-9H3;3*1H/q+1;;;/p-1. The summed E-state index contributed by atoms with van der Waals surface area (Å²) in [5.41, 5.74) is 0.507. The molecule has 1 unspecified atom stereocenters. The lowest BCUT2D eigenvalue weighted by atomic mass is 10.2. The number of halogens is 3. The normalized spacial score (nSPS) is 12.4. The number of likely N-dealkylation sites (N-methyl/N-ethyl adjacent to an activating group) is 3. The molecule has 0 aliphatic heterocycles. The molecule has 0 aromatic carbocycles. The van der Waals surface area contributed by atoms with Gasteiger partial charge in [0.15, 0.2) is 12.6 Å². The van der Waals surface area contributed by atoms with Crippen LogP contribution in [0.15, 0.2) is 12.2 Å². The van der Waals surface area contributed by atoms with Crippen LogP contribution in [0.5, 0.6) is 0 Å². The summed E-state index contributed by atoms with van der Waals surface area (Å²) in [6, 6.07) is 0. The van der Waals surface area contributed by atoms with Gasteiger partial charge in [0.25, 0.3) is 5.91 Å². The predicted octanol–water partition coefficient (Wildman–Crippen LogP) is -9.19. The van der Waals surface area contributed by atoms with Gasteiger partial charge in [-0.3, -0.25) is 9.59 Å². The quantitative estimate of drug-likeness (QED) is 0.111. The number of carbonyl (C=O) groups is 2. The highest BCUT2D eigenvalue weighted by atomic mass is 35.5. The van der Waals surface area contributed by atoms with Crippen LogP contribution in [0.4, 0.5) is 0 Å². The first-order valence-corrected chi connectivity index (χ1v) is 10.9.